The normalized spacial score (nSPS) is 28.0. The van der Waals surface area contributed by atoms with Crippen LogP contribution in [-0.2, 0) is 6.18 Å². The van der Waals surface area contributed by atoms with Gasteiger partial charge in [0, 0.05) is 43.7 Å². The molecule has 5 atom stereocenters. The lowest BCUT2D eigenvalue weighted by atomic mass is 9.95. The van der Waals surface area contributed by atoms with Gasteiger partial charge in [-0.25, -0.2) is 8.78 Å². The van der Waals surface area contributed by atoms with E-state index in [0.29, 0.717) is 38.3 Å². The van der Waals surface area contributed by atoms with E-state index in [-0.39, 0.29) is 57.4 Å². The maximum absolute atomic E-state index is 16.7. The molecule has 4 fully saturated rings. The molecule has 13 heteroatoms. The van der Waals surface area contributed by atoms with Crippen LogP contribution in [0.5, 0.6) is 11.8 Å². The molecule has 8 rings (SSSR count). The van der Waals surface area contributed by atoms with Crippen LogP contribution < -0.4 is 9.64 Å². The van der Waals surface area contributed by atoms with Crippen molar-refractivity contribution in [1.82, 2.24) is 19.9 Å². The molecule has 0 radical (unpaired) electrons. The zero-order valence-corrected chi connectivity index (χ0v) is 24.8. The highest BCUT2D eigenvalue weighted by atomic mass is 19.4. The number of aliphatic hydroxyl groups excluding tert-OH is 1. The Labute approximate surface area is 260 Å². The number of alkyl halides is 4. The monoisotopic (exact) mass is 641 g/mol. The fraction of sp³-hybridized carbons (Fsp3) is 0.485. The fourth-order valence-electron chi connectivity index (χ4n) is 8.42. The van der Waals surface area contributed by atoms with Crippen LogP contribution in [0.3, 0.4) is 0 Å². The molecule has 0 spiro atoms. The second kappa shape index (κ2) is 10.6. The number of aliphatic hydroxyl groups is 1. The van der Waals surface area contributed by atoms with E-state index < -0.39 is 41.1 Å². The van der Waals surface area contributed by atoms with Crippen molar-refractivity contribution in [2.24, 2.45) is 11.8 Å². The van der Waals surface area contributed by atoms with Crippen molar-refractivity contribution < 1.29 is 36.9 Å². The minimum absolute atomic E-state index is 0.0253. The maximum atomic E-state index is 16.7. The summed E-state index contributed by atoms with van der Waals surface area (Å²) in [7, 11) is 0. The number of phenols is 1. The standard InChI is InChI=1S/C33H32F5N5O3/c34-19-11-32(6-3-7-43(32)15-19)16-46-31-40-29-23(30(41-31)42-13-17-8-18(14-42)24(44)9-17)12-39-28(27(29)35)22-10-25(45)26(33(36,37)38)21-5-2-1-4-20(21)22/h1-2,4-5,10,12,17-19,24,44-45H,3,6-9,11,13-16H2/t17-,18-,19-,24-,32+/m1/s1. The van der Waals surface area contributed by atoms with Gasteiger partial charge in [-0.1, -0.05) is 24.3 Å². The Bertz CT molecular complexity index is 1850. The molecule has 46 heavy (non-hydrogen) atoms. The van der Waals surface area contributed by atoms with Crippen LogP contribution in [0, 0.1) is 17.7 Å². The lowest BCUT2D eigenvalue weighted by Gasteiger charge is -2.34. The number of hydrogen-bond donors (Lipinski definition) is 2. The molecule has 1 aliphatic carbocycles. The number of hydrogen-bond acceptors (Lipinski definition) is 8. The van der Waals surface area contributed by atoms with Crippen LogP contribution in [0.2, 0.25) is 0 Å². The van der Waals surface area contributed by atoms with Gasteiger partial charge in [-0.3, -0.25) is 9.88 Å². The van der Waals surface area contributed by atoms with Crippen LogP contribution in [0.4, 0.5) is 27.8 Å². The molecule has 0 amide bonds. The van der Waals surface area contributed by atoms with E-state index in [4.69, 9.17) is 9.72 Å². The molecule has 5 heterocycles. The first kappa shape index (κ1) is 29.6. The Morgan fingerprint density at radius 3 is 2.63 bits per heavy atom. The van der Waals surface area contributed by atoms with E-state index in [2.05, 4.69) is 14.9 Å². The summed E-state index contributed by atoms with van der Waals surface area (Å²) in [5, 5.41) is 21.1. The third-order valence-electron chi connectivity index (χ3n) is 10.4. The van der Waals surface area contributed by atoms with E-state index >= 15 is 4.39 Å². The highest BCUT2D eigenvalue weighted by Gasteiger charge is 2.49. The van der Waals surface area contributed by atoms with Crippen molar-refractivity contribution in [3.63, 3.8) is 0 Å². The van der Waals surface area contributed by atoms with E-state index in [0.717, 1.165) is 31.9 Å². The molecular weight excluding hydrogens is 609 g/mol. The number of phenolic OH excluding ortho intramolecular Hbond substituents is 1. The van der Waals surface area contributed by atoms with Crippen LogP contribution in [-0.4, -0.2) is 80.7 Å². The summed E-state index contributed by atoms with van der Waals surface area (Å²) in [5.41, 5.74) is -2.15. The van der Waals surface area contributed by atoms with Gasteiger partial charge >= 0.3 is 12.2 Å². The number of pyridine rings is 1. The number of aromatic nitrogens is 3. The summed E-state index contributed by atoms with van der Waals surface area (Å²) in [6.45, 7) is 2.30. The number of fused-ring (bicyclic) bond motifs is 5. The average molecular weight is 642 g/mol. The van der Waals surface area contributed by atoms with Gasteiger partial charge in [0.05, 0.1) is 17.0 Å². The Hall–Kier alpha value is -3.84. The first-order valence-electron chi connectivity index (χ1n) is 15.6. The number of benzene rings is 2. The van der Waals surface area contributed by atoms with Crippen LogP contribution in [0.1, 0.15) is 37.7 Å². The van der Waals surface area contributed by atoms with Crippen molar-refractivity contribution in [1.29, 1.82) is 0 Å². The predicted molar refractivity (Wildman–Crippen MR) is 160 cm³/mol. The lowest BCUT2D eigenvalue weighted by molar-refractivity contribution is -0.137. The van der Waals surface area contributed by atoms with Gasteiger partial charge < -0.3 is 19.8 Å². The summed E-state index contributed by atoms with van der Waals surface area (Å²) in [5.74, 6) is -1.30. The summed E-state index contributed by atoms with van der Waals surface area (Å²) >= 11 is 0. The second-order valence-corrected chi connectivity index (χ2v) is 13.3. The largest absolute Gasteiger partial charge is 0.507 e. The lowest BCUT2D eigenvalue weighted by Crippen LogP contribution is -2.43. The van der Waals surface area contributed by atoms with Gasteiger partial charge in [-0.05, 0) is 55.0 Å². The molecular formula is C33H32F5N5O3. The van der Waals surface area contributed by atoms with Crippen molar-refractivity contribution in [3.8, 4) is 23.0 Å². The molecule has 242 valence electrons. The topological polar surface area (TPSA) is 94.8 Å². The fourth-order valence-corrected chi connectivity index (χ4v) is 8.42. The van der Waals surface area contributed by atoms with E-state index in [1.54, 1.807) is 0 Å². The number of anilines is 1. The van der Waals surface area contributed by atoms with E-state index in [9.17, 15) is 27.8 Å². The van der Waals surface area contributed by atoms with Crippen LogP contribution in [0.15, 0.2) is 36.5 Å². The summed E-state index contributed by atoms with van der Waals surface area (Å²) < 4.78 is 79.0. The Balaban J connectivity index is 1.26. The zero-order valence-electron chi connectivity index (χ0n) is 24.8. The predicted octanol–water partition coefficient (Wildman–Crippen LogP) is 5.87. The first-order chi connectivity index (χ1) is 22.0. The number of aromatic hydroxyl groups is 1. The first-order valence-corrected chi connectivity index (χ1v) is 15.6. The third-order valence-corrected chi connectivity index (χ3v) is 10.4. The minimum atomic E-state index is -4.84. The number of rotatable bonds is 5. The van der Waals surface area contributed by atoms with Gasteiger partial charge in [0.15, 0.2) is 5.82 Å². The molecule has 2 aromatic heterocycles. The van der Waals surface area contributed by atoms with E-state index in [1.807, 2.05) is 4.90 Å². The number of ether oxygens (including phenoxy) is 1. The summed E-state index contributed by atoms with van der Waals surface area (Å²) in [6, 6.07) is 6.38. The molecule has 3 aliphatic heterocycles. The SMILES string of the molecule is Oc1cc(-c2ncc3c(N4C[C@@H]5C[C@H](C4)[C@H](O)C5)nc(OC[C@@]45CCCN4C[C@H](F)C5)nc3c2F)c2ccccc2c1C(F)(F)F. The smallest absolute Gasteiger partial charge is 0.420 e. The van der Waals surface area contributed by atoms with Crippen LogP contribution in [0.25, 0.3) is 32.9 Å². The van der Waals surface area contributed by atoms with Crippen molar-refractivity contribution >= 4 is 27.5 Å². The zero-order chi connectivity index (χ0) is 32.0. The molecule has 4 aromatic rings. The van der Waals surface area contributed by atoms with Gasteiger partial charge in [0.25, 0.3) is 0 Å². The van der Waals surface area contributed by atoms with E-state index in [1.165, 1.54) is 30.5 Å². The Morgan fingerprint density at radius 2 is 1.85 bits per heavy atom. The van der Waals surface area contributed by atoms with Crippen molar-refractivity contribution in [3.05, 3.63) is 47.9 Å². The number of halogens is 5. The van der Waals surface area contributed by atoms with Crippen LogP contribution >= 0.6 is 0 Å². The average Bonchev–Trinajstić information content (AvgIpc) is 3.62. The maximum Gasteiger partial charge on any atom is 0.420 e. The quantitative estimate of drug-likeness (QED) is 0.262. The Morgan fingerprint density at radius 1 is 1.04 bits per heavy atom. The molecule has 0 unspecified atom stereocenters. The highest BCUT2D eigenvalue weighted by Crippen LogP contribution is 2.46. The molecule has 2 bridgehead atoms. The molecule has 2 N–H and O–H groups in total. The van der Waals surface area contributed by atoms with Crippen molar-refractivity contribution in [2.45, 2.75) is 56.1 Å². The van der Waals surface area contributed by atoms with Gasteiger partial charge in [0.2, 0.25) is 0 Å². The molecule has 4 aliphatic rings. The highest BCUT2D eigenvalue weighted by molar-refractivity contribution is 6.01. The molecule has 3 saturated heterocycles. The van der Waals surface area contributed by atoms with Gasteiger partial charge in [-0.15, -0.1) is 0 Å². The molecule has 8 nitrogen and oxygen atoms in total. The molecule has 2 aromatic carbocycles. The third kappa shape index (κ3) is 4.73. The summed E-state index contributed by atoms with van der Waals surface area (Å²) in [6.07, 6.45) is -1.31. The number of nitrogens with zero attached hydrogens (tertiary/aromatic N) is 5. The van der Waals surface area contributed by atoms with Crippen molar-refractivity contribution in [2.75, 3.05) is 37.7 Å². The number of piperidine rings is 1. The van der Waals surface area contributed by atoms with Gasteiger partial charge in [0.1, 0.15) is 41.1 Å². The molecule has 1 saturated carbocycles. The van der Waals surface area contributed by atoms with Gasteiger partial charge in [-0.2, -0.15) is 23.1 Å². The Kier molecular flexibility index (Phi) is 6.81. The minimum Gasteiger partial charge on any atom is -0.507 e. The second-order valence-electron chi connectivity index (χ2n) is 13.3. The summed E-state index contributed by atoms with van der Waals surface area (Å²) in [4.78, 5) is 17.6.